The fourth-order valence-corrected chi connectivity index (χ4v) is 3.47. The highest BCUT2D eigenvalue weighted by molar-refractivity contribution is 9.09. The van der Waals surface area contributed by atoms with Crippen LogP contribution < -0.4 is 4.74 Å². The van der Waals surface area contributed by atoms with Crippen molar-refractivity contribution in [1.82, 2.24) is 0 Å². The minimum Gasteiger partial charge on any atom is -0.490 e. The molecule has 0 spiro atoms. The molecule has 1 aliphatic carbocycles. The van der Waals surface area contributed by atoms with Crippen molar-refractivity contribution in [2.45, 2.75) is 57.4 Å². The molecule has 3 unspecified atom stereocenters. The second-order valence-electron chi connectivity index (χ2n) is 5.90. The van der Waals surface area contributed by atoms with Gasteiger partial charge in [0, 0.05) is 10.2 Å². The quantitative estimate of drug-likeness (QED) is 0.700. The summed E-state index contributed by atoms with van der Waals surface area (Å²) in [6.45, 7) is 8.99. The maximum atomic E-state index is 6.19. The van der Waals surface area contributed by atoms with Crippen LogP contribution in [0, 0.1) is 5.41 Å². The first kappa shape index (κ1) is 13.9. The number of benzene rings is 1. The van der Waals surface area contributed by atoms with Crippen LogP contribution in [0.4, 0.5) is 0 Å². The molecule has 0 saturated heterocycles. The minimum absolute atomic E-state index is 0.272. The molecule has 1 fully saturated rings. The molecule has 0 aromatic heterocycles. The summed E-state index contributed by atoms with van der Waals surface area (Å²) in [5, 5.41) is 0. The van der Waals surface area contributed by atoms with Gasteiger partial charge in [-0.15, -0.1) is 0 Å². The topological polar surface area (TPSA) is 9.23 Å². The molecular formula is C16H23BrO. The van der Waals surface area contributed by atoms with Gasteiger partial charge in [0.15, 0.2) is 0 Å². The third-order valence-electron chi connectivity index (χ3n) is 4.44. The summed E-state index contributed by atoms with van der Waals surface area (Å²) in [5.41, 5.74) is 1.62. The molecular weight excluding hydrogens is 288 g/mol. The maximum Gasteiger partial charge on any atom is 0.120 e. The van der Waals surface area contributed by atoms with E-state index in [4.69, 9.17) is 4.74 Å². The van der Waals surface area contributed by atoms with Crippen LogP contribution in [0.3, 0.4) is 0 Å². The molecule has 1 aliphatic rings. The summed E-state index contributed by atoms with van der Waals surface area (Å²) in [5.74, 6) is 1.57. The van der Waals surface area contributed by atoms with E-state index in [1.807, 2.05) is 0 Å². The van der Waals surface area contributed by atoms with Crippen molar-refractivity contribution in [3.63, 3.8) is 0 Å². The normalized spacial score (nSPS) is 31.2. The van der Waals surface area contributed by atoms with Crippen LogP contribution in [0.15, 0.2) is 24.3 Å². The van der Waals surface area contributed by atoms with Crippen molar-refractivity contribution in [2.75, 3.05) is 0 Å². The van der Waals surface area contributed by atoms with E-state index >= 15 is 0 Å². The molecule has 0 amide bonds. The van der Waals surface area contributed by atoms with Gasteiger partial charge < -0.3 is 4.74 Å². The van der Waals surface area contributed by atoms with Crippen LogP contribution in [0.25, 0.3) is 0 Å². The van der Waals surface area contributed by atoms with E-state index < -0.39 is 0 Å². The number of alkyl halides is 1. The lowest BCUT2D eigenvalue weighted by Crippen LogP contribution is -2.54. The summed E-state index contributed by atoms with van der Waals surface area (Å²) in [6.07, 6.45) is 2.60. The second-order valence-corrected chi connectivity index (χ2v) is 7.00. The highest BCUT2D eigenvalue weighted by atomic mass is 79.9. The number of halogens is 1. The molecule has 0 N–H and O–H groups in total. The van der Waals surface area contributed by atoms with Crippen LogP contribution in [-0.4, -0.2) is 10.9 Å². The SMILES string of the molecule is CCC1(C)C(Br)CC1Oc1cccc(C(C)C)c1. The summed E-state index contributed by atoms with van der Waals surface area (Å²) >= 11 is 3.75. The van der Waals surface area contributed by atoms with Crippen LogP contribution in [0.2, 0.25) is 0 Å². The number of ether oxygens (including phenoxy) is 1. The Hall–Kier alpha value is -0.500. The average molecular weight is 311 g/mol. The van der Waals surface area contributed by atoms with Gasteiger partial charge in [0.05, 0.1) is 0 Å². The Balaban J connectivity index is 2.09. The van der Waals surface area contributed by atoms with Gasteiger partial charge >= 0.3 is 0 Å². The summed E-state index contributed by atoms with van der Waals surface area (Å²) in [7, 11) is 0. The first-order valence-corrected chi connectivity index (χ1v) is 7.79. The Labute approximate surface area is 119 Å². The zero-order valence-corrected chi connectivity index (χ0v) is 13.3. The Bertz CT molecular complexity index is 415. The Morgan fingerprint density at radius 2 is 2.17 bits per heavy atom. The first-order valence-electron chi connectivity index (χ1n) is 6.88. The van der Waals surface area contributed by atoms with Crippen LogP contribution in [0.1, 0.15) is 52.0 Å². The molecule has 3 atom stereocenters. The summed E-state index contributed by atoms with van der Waals surface area (Å²) in [4.78, 5) is 0.591. The minimum atomic E-state index is 0.272. The largest absolute Gasteiger partial charge is 0.490 e. The van der Waals surface area contributed by atoms with E-state index in [1.54, 1.807) is 0 Å². The smallest absolute Gasteiger partial charge is 0.120 e. The molecule has 0 radical (unpaired) electrons. The molecule has 1 saturated carbocycles. The lowest BCUT2D eigenvalue weighted by Gasteiger charge is -2.50. The molecule has 0 heterocycles. The van der Waals surface area contributed by atoms with Crippen LogP contribution in [0.5, 0.6) is 5.75 Å². The van der Waals surface area contributed by atoms with Crippen molar-refractivity contribution >= 4 is 15.9 Å². The van der Waals surface area contributed by atoms with Crippen molar-refractivity contribution in [3.05, 3.63) is 29.8 Å². The molecule has 100 valence electrons. The predicted molar refractivity (Wildman–Crippen MR) is 80.7 cm³/mol. The number of hydrogen-bond acceptors (Lipinski definition) is 1. The molecule has 0 aliphatic heterocycles. The third-order valence-corrected chi connectivity index (χ3v) is 5.86. The fourth-order valence-electron chi connectivity index (χ4n) is 2.51. The molecule has 1 aromatic rings. The van der Waals surface area contributed by atoms with Gasteiger partial charge in [0.2, 0.25) is 0 Å². The van der Waals surface area contributed by atoms with E-state index in [-0.39, 0.29) is 5.41 Å². The van der Waals surface area contributed by atoms with Gasteiger partial charge in [0.25, 0.3) is 0 Å². The Morgan fingerprint density at radius 1 is 1.44 bits per heavy atom. The average Bonchev–Trinajstić information content (AvgIpc) is 2.37. The molecule has 1 aromatic carbocycles. The van der Waals surface area contributed by atoms with Gasteiger partial charge in [-0.05, 0) is 36.5 Å². The zero-order chi connectivity index (χ0) is 13.3. The van der Waals surface area contributed by atoms with Gasteiger partial charge in [0.1, 0.15) is 11.9 Å². The molecule has 2 heteroatoms. The summed E-state index contributed by atoms with van der Waals surface area (Å²) < 4.78 is 6.19. The molecule has 1 nitrogen and oxygen atoms in total. The third kappa shape index (κ3) is 2.45. The molecule has 2 rings (SSSR count). The van der Waals surface area contributed by atoms with E-state index in [0.717, 1.165) is 18.6 Å². The van der Waals surface area contributed by atoms with E-state index in [1.165, 1.54) is 5.56 Å². The summed E-state index contributed by atoms with van der Waals surface area (Å²) in [6, 6.07) is 8.52. The predicted octanol–water partition coefficient (Wildman–Crippen LogP) is 5.14. The monoisotopic (exact) mass is 310 g/mol. The first-order chi connectivity index (χ1) is 8.47. The lowest BCUT2D eigenvalue weighted by molar-refractivity contribution is -0.0243. The van der Waals surface area contributed by atoms with Gasteiger partial charge in [-0.25, -0.2) is 0 Å². The number of rotatable bonds is 4. The van der Waals surface area contributed by atoms with Crippen molar-refractivity contribution in [2.24, 2.45) is 5.41 Å². The highest BCUT2D eigenvalue weighted by Crippen LogP contribution is 2.50. The second kappa shape index (κ2) is 5.24. The van der Waals surface area contributed by atoms with Crippen LogP contribution >= 0.6 is 15.9 Å². The lowest BCUT2D eigenvalue weighted by atomic mass is 9.65. The zero-order valence-electron chi connectivity index (χ0n) is 11.7. The standard InChI is InChI=1S/C16H23BrO/c1-5-16(4)14(17)10-15(16)18-13-8-6-7-12(9-13)11(2)3/h6-9,11,14-15H,5,10H2,1-4H3. The molecule has 18 heavy (non-hydrogen) atoms. The highest BCUT2D eigenvalue weighted by Gasteiger charge is 2.50. The van der Waals surface area contributed by atoms with Gasteiger partial charge in [-0.2, -0.15) is 0 Å². The van der Waals surface area contributed by atoms with E-state index in [0.29, 0.717) is 16.8 Å². The van der Waals surface area contributed by atoms with Gasteiger partial charge in [-0.3, -0.25) is 0 Å². The van der Waals surface area contributed by atoms with E-state index in [9.17, 15) is 0 Å². The van der Waals surface area contributed by atoms with Crippen molar-refractivity contribution < 1.29 is 4.74 Å². The fraction of sp³-hybridized carbons (Fsp3) is 0.625. The Kier molecular flexibility index (Phi) is 4.05. The molecule has 0 bridgehead atoms. The van der Waals surface area contributed by atoms with E-state index in [2.05, 4.69) is 67.9 Å². The van der Waals surface area contributed by atoms with Crippen LogP contribution in [-0.2, 0) is 0 Å². The number of hydrogen-bond donors (Lipinski definition) is 0. The van der Waals surface area contributed by atoms with Gasteiger partial charge in [-0.1, -0.05) is 55.8 Å². The maximum absolute atomic E-state index is 6.19. The van der Waals surface area contributed by atoms with Crippen molar-refractivity contribution in [3.8, 4) is 5.75 Å². The Morgan fingerprint density at radius 3 is 2.72 bits per heavy atom. The van der Waals surface area contributed by atoms with Crippen molar-refractivity contribution in [1.29, 1.82) is 0 Å².